The lowest BCUT2D eigenvalue weighted by molar-refractivity contribution is -0.142. The highest BCUT2D eigenvalue weighted by molar-refractivity contribution is 7.91. The van der Waals surface area contributed by atoms with Gasteiger partial charge in [-0.3, -0.25) is 9.69 Å². The summed E-state index contributed by atoms with van der Waals surface area (Å²) in [6.07, 6.45) is 0.0571. The summed E-state index contributed by atoms with van der Waals surface area (Å²) in [5.41, 5.74) is 1.00. The van der Waals surface area contributed by atoms with Crippen LogP contribution in [-0.4, -0.2) is 64.5 Å². The van der Waals surface area contributed by atoms with E-state index in [1.165, 1.54) is 7.11 Å². The molecule has 1 heterocycles. The number of aryl methyl sites for hydroxylation is 1. The highest BCUT2D eigenvalue weighted by Gasteiger charge is 2.29. The van der Waals surface area contributed by atoms with Crippen LogP contribution in [0.15, 0.2) is 29.2 Å². The number of hydrogen-bond acceptors (Lipinski definition) is 6. The normalized spacial score (nSPS) is 17.7. The Kier molecular flexibility index (Phi) is 6.15. The van der Waals surface area contributed by atoms with E-state index in [0.717, 1.165) is 5.56 Å². The van der Waals surface area contributed by atoms with Crippen LogP contribution in [0.3, 0.4) is 0 Å². The number of sulfone groups is 1. The van der Waals surface area contributed by atoms with E-state index in [4.69, 9.17) is 9.47 Å². The second-order valence-electron chi connectivity index (χ2n) is 5.68. The van der Waals surface area contributed by atoms with E-state index in [0.29, 0.717) is 26.3 Å². The lowest BCUT2D eigenvalue weighted by atomic mass is 10.2. The summed E-state index contributed by atoms with van der Waals surface area (Å²) in [5.74, 6) is -0.508. The van der Waals surface area contributed by atoms with Gasteiger partial charge in [-0.25, -0.2) is 8.42 Å². The van der Waals surface area contributed by atoms with Gasteiger partial charge in [0.15, 0.2) is 9.84 Å². The number of carbonyl (C=O) groups is 1. The topological polar surface area (TPSA) is 72.9 Å². The third-order valence-corrected chi connectivity index (χ3v) is 5.80. The monoisotopic (exact) mass is 341 g/mol. The molecule has 23 heavy (non-hydrogen) atoms. The molecule has 128 valence electrons. The predicted octanol–water partition coefficient (Wildman–Crippen LogP) is 1.03. The van der Waals surface area contributed by atoms with Crippen LogP contribution in [-0.2, 0) is 24.1 Å². The molecule has 1 aliphatic heterocycles. The lowest BCUT2D eigenvalue weighted by Gasteiger charge is -2.33. The molecule has 0 aliphatic carbocycles. The van der Waals surface area contributed by atoms with Crippen LogP contribution < -0.4 is 0 Å². The first kappa shape index (κ1) is 17.9. The minimum Gasteiger partial charge on any atom is -0.469 e. The average molecular weight is 341 g/mol. The minimum absolute atomic E-state index is 0.0571. The van der Waals surface area contributed by atoms with Crippen LogP contribution >= 0.6 is 0 Å². The fraction of sp³-hybridized carbons (Fsp3) is 0.562. The summed E-state index contributed by atoms with van der Waals surface area (Å²) < 4.78 is 35.3. The Balaban J connectivity index is 2.17. The van der Waals surface area contributed by atoms with E-state index in [2.05, 4.69) is 0 Å². The number of hydrogen-bond donors (Lipinski definition) is 0. The molecular formula is C16H23NO5S. The third kappa shape index (κ3) is 5.02. The van der Waals surface area contributed by atoms with E-state index >= 15 is 0 Å². The van der Waals surface area contributed by atoms with Crippen LogP contribution in [0.25, 0.3) is 0 Å². The predicted molar refractivity (Wildman–Crippen MR) is 86.0 cm³/mol. The molecule has 1 fully saturated rings. The summed E-state index contributed by atoms with van der Waals surface area (Å²) in [6.45, 7) is 4.23. The van der Waals surface area contributed by atoms with Gasteiger partial charge in [0.1, 0.15) is 0 Å². The molecule has 2 rings (SSSR count). The average Bonchev–Trinajstić information content (AvgIpc) is 2.55. The molecule has 6 nitrogen and oxygen atoms in total. The molecule has 7 heteroatoms. The minimum atomic E-state index is -3.47. The van der Waals surface area contributed by atoms with Gasteiger partial charge < -0.3 is 9.47 Å². The molecule has 0 amide bonds. The molecule has 0 radical (unpaired) electrons. The molecular weight excluding hydrogens is 318 g/mol. The summed E-state index contributed by atoms with van der Waals surface area (Å²) in [7, 11) is -2.16. The summed E-state index contributed by atoms with van der Waals surface area (Å²) in [4.78, 5) is 13.9. The Hall–Kier alpha value is -1.44. The number of benzene rings is 1. The molecule has 0 bridgehead atoms. The van der Waals surface area contributed by atoms with Crippen molar-refractivity contribution in [3.8, 4) is 0 Å². The smallest absolute Gasteiger partial charge is 0.307 e. The van der Waals surface area contributed by atoms with Crippen molar-refractivity contribution in [2.24, 2.45) is 0 Å². The number of morpholine rings is 1. The highest BCUT2D eigenvalue weighted by Crippen LogP contribution is 2.18. The molecule has 0 aromatic heterocycles. The van der Waals surface area contributed by atoms with Gasteiger partial charge in [-0.2, -0.15) is 0 Å². The second-order valence-corrected chi connectivity index (χ2v) is 7.71. The maximum Gasteiger partial charge on any atom is 0.307 e. The number of esters is 1. The lowest BCUT2D eigenvalue weighted by Crippen LogP contribution is -2.47. The number of rotatable bonds is 6. The Bertz CT molecular complexity index is 620. The summed E-state index contributed by atoms with van der Waals surface area (Å²) >= 11 is 0. The first-order valence-electron chi connectivity index (χ1n) is 7.60. The molecule has 1 aromatic rings. The molecule has 0 saturated carbocycles. The molecule has 1 atom stereocenters. The largest absolute Gasteiger partial charge is 0.469 e. The van der Waals surface area contributed by atoms with Gasteiger partial charge >= 0.3 is 5.97 Å². The number of nitrogens with zero attached hydrogens (tertiary/aromatic N) is 1. The Morgan fingerprint density at radius 2 is 1.87 bits per heavy atom. The van der Waals surface area contributed by atoms with Gasteiger partial charge in [0.2, 0.25) is 0 Å². The van der Waals surface area contributed by atoms with Crippen LogP contribution in [0.5, 0.6) is 0 Å². The molecule has 1 saturated heterocycles. The summed E-state index contributed by atoms with van der Waals surface area (Å²) in [6, 6.07) is 6.37. The molecule has 0 N–H and O–H groups in total. The molecule has 1 aliphatic rings. The fourth-order valence-electron chi connectivity index (χ4n) is 2.61. The van der Waals surface area contributed by atoms with Crippen molar-refractivity contribution in [3.05, 3.63) is 29.8 Å². The second kappa shape index (κ2) is 7.90. The van der Waals surface area contributed by atoms with Crippen molar-refractivity contribution in [1.82, 2.24) is 4.90 Å². The van der Waals surface area contributed by atoms with Crippen molar-refractivity contribution >= 4 is 15.8 Å². The van der Waals surface area contributed by atoms with Gasteiger partial charge in [0.25, 0.3) is 0 Å². The van der Waals surface area contributed by atoms with E-state index in [1.807, 2.05) is 11.8 Å². The quantitative estimate of drug-likeness (QED) is 0.720. The number of methoxy groups -OCH3 is 1. The van der Waals surface area contributed by atoms with Gasteiger partial charge in [-0.1, -0.05) is 17.7 Å². The van der Waals surface area contributed by atoms with Gasteiger partial charge in [-0.05, 0) is 19.1 Å². The van der Waals surface area contributed by atoms with E-state index in [1.54, 1.807) is 24.3 Å². The summed E-state index contributed by atoms with van der Waals surface area (Å²) in [5, 5.41) is 0. The Morgan fingerprint density at radius 1 is 1.26 bits per heavy atom. The van der Waals surface area contributed by atoms with Crippen LogP contribution in [0.2, 0.25) is 0 Å². The molecule has 1 aromatic carbocycles. The number of ether oxygens (including phenoxy) is 2. The first-order chi connectivity index (χ1) is 10.9. The molecule has 1 unspecified atom stereocenters. The van der Waals surface area contributed by atoms with Gasteiger partial charge in [0.05, 0.1) is 37.4 Å². The zero-order valence-electron chi connectivity index (χ0n) is 13.5. The Morgan fingerprint density at radius 3 is 2.43 bits per heavy atom. The van der Waals surface area contributed by atoms with Crippen LogP contribution in [0.1, 0.15) is 12.0 Å². The maximum atomic E-state index is 12.7. The SMILES string of the molecule is COC(=O)CC(CS(=O)(=O)c1ccc(C)cc1)N1CCOCC1. The fourth-order valence-corrected chi connectivity index (χ4v) is 4.19. The van der Waals surface area contributed by atoms with Crippen molar-refractivity contribution in [2.75, 3.05) is 39.2 Å². The van der Waals surface area contributed by atoms with E-state index in [-0.39, 0.29) is 17.1 Å². The van der Waals surface area contributed by atoms with Crippen molar-refractivity contribution in [2.45, 2.75) is 24.3 Å². The van der Waals surface area contributed by atoms with Gasteiger partial charge in [0, 0.05) is 19.1 Å². The van der Waals surface area contributed by atoms with Crippen molar-refractivity contribution in [1.29, 1.82) is 0 Å². The first-order valence-corrected chi connectivity index (χ1v) is 9.25. The van der Waals surface area contributed by atoms with Crippen LogP contribution in [0, 0.1) is 6.92 Å². The third-order valence-electron chi connectivity index (χ3n) is 3.98. The standard InChI is InChI=1S/C16H23NO5S/c1-13-3-5-15(6-4-13)23(19,20)12-14(11-16(18)21-2)17-7-9-22-10-8-17/h3-6,14H,7-12H2,1-2H3. The zero-order valence-corrected chi connectivity index (χ0v) is 14.3. The highest BCUT2D eigenvalue weighted by atomic mass is 32.2. The van der Waals surface area contributed by atoms with Gasteiger partial charge in [-0.15, -0.1) is 0 Å². The van der Waals surface area contributed by atoms with Crippen LogP contribution in [0.4, 0.5) is 0 Å². The van der Waals surface area contributed by atoms with Crippen molar-refractivity contribution < 1.29 is 22.7 Å². The van der Waals surface area contributed by atoms with E-state index in [9.17, 15) is 13.2 Å². The van der Waals surface area contributed by atoms with E-state index < -0.39 is 21.8 Å². The Labute approximate surface area is 137 Å². The zero-order chi connectivity index (χ0) is 16.9. The van der Waals surface area contributed by atoms with Crippen molar-refractivity contribution in [3.63, 3.8) is 0 Å². The number of carbonyl (C=O) groups excluding carboxylic acids is 1. The maximum absolute atomic E-state index is 12.7. The molecule has 0 spiro atoms.